The van der Waals surface area contributed by atoms with E-state index >= 15 is 0 Å². The van der Waals surface area contributed by atoms with Crippen LogP contribution in [0.15, 0.2) is 36.4 Å². The Hall–Kier alpha value is -1.80. The lowest BCUT2D eigenvalue weighted by molar-refractivity contribution is 0.0286. The van der Waals surface area contributed by atoms with Gasteiger partial charge in [0.2, 0.25) is 0 Å². The molecule has 2 nitrogen and oxygen atoms in total. The van der Waals surface area contributed by atoms with Gasteiger partial charge in [-0.2, -0.15) is 0 Å². The Bertz CT molecular complexity index is 672. The van der Waals surface area contributed by atoms with Gasteiger partial charge in [-0.15, -0.1) is 0 Å². The maximum absolute atomic E-state index is 12.6. The van der Waals surface area contributed by atoms with Crippen LogP contribution < -0.4 is 0 Å². The van der Waals surface area contributed by atoms with E-state index in [1.807, 2.05) is 64.1 Å². The summed E-state index contributed by atoms with van der Waals surface area (Å²) in [6.07, 6.45) is 0.346. The van der Waals surface area contributed by atoms with E-state index in [-0.39, 0.29) is 12.1 Å². The van der Waals surface area contributed by atoms with E-state index in [0.717, 1.165) is 22.3 Å². The average molecular weight is 317 g/mol. The third kappa shape index (κ3) is 3.33. The number of carbonyl (C=O) groups excluding carboxylic acids is 1. The van der Waals surface area contributed by atoms with Crippen molar-refractivity contribution in [2.45, 2.75) is 40.2 Å². The van der Waals surface area contributed by atoms with E-state index in [1.165, 1.54) is 0 Å². The summed E-state index contributed by atoms with van der Waals surface area (Å²) in [7, 11) is 0. The minimum atomic E-state index is -0.334. The lowest BCUT2D eigenvalue weighted by atomic mass is 10.0. The number of aryl methyl sites for hydroxylation is 3. The monoisotopic (exact) mass is 316 g/mol. The highest BCUT2D eigenvalue weighted by Crippen LogP contribution is 2.31. The highest BCUT2D eigenvalue weighted by atomic mass is 35.5. The molecule has 2 aromatic rings. The van der Waals surface area contributed by atoms with E-state index in [9.17, 15) is 4.79 Å². The van der Waals surface area contributed by atoms with Crippen molar-refractivity contribution in [2.75, 3.05) is 0 Å². The van der Waals surface area contributed by atoms with Gasteiger partial charge in [0.1, 0.15) is 6.10 Å². The predicted molar refractivity (Wildman–Crippen MR) is 90.6 cm³/mol. The molecule has 116 valence electrons. The third-order valence-corrected chi connectivity index (χ3v) is 4.39. The molecule has 1 atom stereocenters. The number of ether oxygens (including phenoxy) is 1. The molecule has 2 aromatic carbocycles. The minimum Gasteiger partial charge on any atom is -0.454 e. The SMILES string of the molecule is CCC(OC(=O)c1c(C)cccc1C)c1cccc(C)c1Cl. The van der Waals surface area contributed by atoms with Crippen LogP contribution >= 0.6 is 11.6 Å². The molecule has 1 unspecified atom stereocenters. The Morgan fingerprint density at radius 1 is 1.05 bits per heavy atom. The Balaban J connectivity index is 2.31. The van der Waals surface area contributed by atoms with Crippen LogP contribution in [0.5, 0.6) is 0 Å². The molecule has 0 saturated heterocycles. The summed E-state index contributed by atoms with van der Waals surface area (Å²) in [6, 6.07) is 11.6. The summed E-state index contributed by atoms with van der Waals surface area (Å²) in [5.41, 5.74) is 4.35. The third-order valence-electron chi connectivity index (χ3n) is 3.87. The number of carbonyl (C=O) groups is 1. The van der Waals surface area contributed by atoms with Crippen LogP contribution in [0.3, 0.4) is 0 Å². The molecule has 0 aliphatic heterocycles. The average Bonchev–Trinajstić information content (AvgIpc) is 2.48. The van der Waals surface area contributed by atoms with Crippen LogP contribution in [0.2, 0.25) is 5.02 Å². The van der Waals surface area contributed by atoms with Gasteiger partial charge < -0.3 is 4.74 Å². The number of halogens is 1. The first-order valence-corrected chi connectivity index (χ1v) is 7.85. The molecule has 0 radical (unpaired) electrons. The molecule has 0 aromatic heterocycles. The molecule has 0 heterocycles. The summed E-state index contributed by atoms with van der Waals surface area (Å²) < 4.78 is 5.75. The van der Waals surface area contributed by atoms with Crippen molar-refractivity contribution >= 4 is 17.6 Å². The fraction of sp³-hybridized carbons (Fsp3) is 0.316. The maximum atomic E-state index is 12.6. The molecule has 2 rings (SSSR count). The van der Waals surface area contributed by atoms with Gasteiger partial charge >= 0.3 is 5.97 Å². The van der Waals surface area contributed by atoms with Gasteiger partial charge in [0.25, 0.3) is 0 Å². The molecular weight excluding hydrogens is 296 g/mol. The van der Waals surface area contributed by atoms with Crippen molar-refractivity contribution in [3.8, 4) is 0 Å². The lowest BCUT2D eigenvalue weighted by Crippen LogP contribution is -2.14. The van der Waals surface area contributed by atoms with Crippen LogP contribution in [0.25, 0.3) is 0 Å². The van der Waals surface area contributed by atoms with Crippen molar-refractivity contribution < 1.29 is 9.53 Å². The normalized spacial score (nSPS) is 12.0. The summed E-state index contributed by atoms with van der Waals surface area (Å²) in [5.74, 6) is -0.292. The number of rotatable bonds is 4. The highest BCUT2D eigenvalue weighted by Gasteiger charge is 2.21. The van der Waals surface area contributed by atoms with E-state index in [2.05, 4.69) is 0 Å². The number of hydrogen-bond acceptors (Lipinski definition) is 2. The second-order valence-corrected chi connectivity index (χ2v) is 5.93. The summed E-state index contributed by atoms with van der Waals surface area (Å²) in [6.45, 7) is 7.78. The van der Waals surface area contributed by atoms with Gasteiger partial charge in [-0.3, -0.25) is 0 Å². The van der Waals surface area contributed by atoms with Crippen molar-refractivity contribution in [2.24, 2.45) is 0 Å². The van der Waals surface area contributed by atoms with Crippen molar-refractivity contribution in [3.63, 3.8) is 0 Å². The topological polar surface area (TPSA) is 26.3 Å². The highest BCUT2D eigenvalue weighted by molar-refractivity contribution is 6.32. The van der Waals surface area contributed by atoms with Gasteiger partial charge in [0.15, 0.2) is 0 Å². The Kier molecular flexibility index (Phi) is 5.25. The molecule has 0 spiro atoms. The van der Waals surface area contributed by atoms with Crippen molar-refractivity contribution in [1.82, 2.24) is 0 Å². The fourth-order valence-electron chi connectivity index (χ4n) is 2.61. The van der Waals surface area contributed by atoms with Gasteiger partial charge in [-0.1, -0.05) is 54.9 Å². The number of esters is 1. The molecular formula is C19H21ClO2. The molecule has 0 N–H and O–H groups in total. The summed E-state index contributed by atoms with van der Waals surface area (Å²) in [4.78, 5) is 12.6. The van der Waals surface area contributed by atoms with Gasteiger partial charge in [-0.05, 0) is 43.9 Å². The van der Waals surface area contributed by atoms with E-state index in [0.29, 0.717) is 17.0 Å². The molecule has 0 saturated carbocycles. The number of hydrogen-bond donors (Lipinski definition) is 0. The Morgan fingerprint density at radius 3 is 2.18 bits per heavy atom. The molecule has 0 bridgehead atoms. The van der Waals surface area contributed by atoms with Gasteiger partial charge in [-0.25, -0.2) is 4.79 Å². The Morgan fingerprint density at radius 2 is 1.59 bits per heavy atom. The van der Waals surface area contributed by atoms with Crippen LogP contribution in [-0.4, -0.2) is 5.97 Å². The summed E-state index contributed by atoms with van der Waals surface area (Å²) in [5, 5.41) is 0.670. The molecule has 0 aliphatic carbocycles. The molecule has 22 heavy (non-hydrogen) atoms. The van der Waals surface area contributed by atoms with E-state index in [1.54, 1.807) is 0 Å². The molecule has 0 fully saturated rings. The zero-order valence-corrected chi connectivity index (χ0v) is 14.2. The quantitative estimate of drug-likeness (QED) is 0.689. The molecule has 0 amide bonds. The number of benzene rings is 2. The zero-order valence-electron chi connectivity index (χ0n) is 13.4. The van der Waals surface area contributed by atoms with Gasteiger partial charge in [0.05, 0.1) is 10.6 Å². The minimum absolute atomic E-state index is 0.292. The predicted octanol–water partition coefficient (Wildman–Crippen LogP) is 5.57. The largest absolute Gasteiger partial charge is 0.454 e. The van der Waals surface area contributed by atoms with E-state index < -0.39 is 0 Å². The first-order chi connectivity index (χ1) is 10.5. The summed E-state index contributed by atoms with van der Waals surface area (Å²) >= 11 is 6.37. The smallest absolute Gasteiger partial charge is 0.339 e. The van der Waals surface area contributed by atoms with E-state index in [4.69, 9.17) is 16.3 Å². The zero-order chi connectivity index (χ0) is 16.3. The van der Waals surface area contributed by atoms with Gasteiger partial charge in [0, 0.05) is 5.56 Å². The van der Waals surface area contributed by atoms with Crippen LogP contribution in [0.4, 0.5) is 0 Å². The van der Waals surface area contributed by atoms with Crippen LogP contribution in [-0.2, 0) is 4.74 Å². The first kappa shape index (κ1) is 16.6. The second kappa shape index (κ2) is 6.97. The molecule has 0 aliphatic rings. The van der Waals surface area contributed by atoms with Crippen molar-refractivity contribution in [1.29, 1.82) is 0 Å². The fourth-order valence-corrected chi connectivity index (χ4v) is 2.86. The van der Waals surface area contributed by atoms with Crippen LogP contribution in [0, 0.1) is 20.8 Å². The second-order valence-electron chi connectivity index (χ2n) is 5.55. The van der Waals surface area contributed by atoms with Crippen LogP contribution in [0.1, 0.15) is 52.1 Å². The first-order valence-electron chi connectivity index (χ1n) is 7.47. The standard InChI is InChI=1S/C19H21ClO2/c1-5-16(15-11-7-10-14(4)18(15)20)22-19(21)17-12(2)8-6-9-13(17)3/h6-11,16H,5H2,1-4H3. The Labute approximate surface area is 137 Å². The maximum Gasteiger partial charge on any atom is 0.339 e. The lowest BCUT2D eigenvalue weighted by Gasteiger charge is -2.20. The molecule has 3 heteroatoms. The van der Waals surface area contributed by atoms with Crippen molar-refractivity contribution in [3.05, 3.63) is 69.2 Å².